The summed E-state index contributed by atoms with van der Waals surface area (Å²) in [7, 11) is 0. The van der Waals surface area contributed by atoms with E-state index in [0.29, 0.717) is 5.56 Å². The first kappa shape index (κ1) is 17.9. The van der Waals surface area contributed by atoms with Gasteiger partial charge in [0.1, 0.15) is 0 Å². The average molecular weight is 356 g/mol. The van der Waals surface area contributed by atoms with E-state index in [1.165, 1.54) is 42.7 Å². The molecule has 0 aromatic heterocycles. The number of amides is 2. The molecule has 26 heavy (non-hydrogen) atoms. The predicted octanol–water partition coefficient (Wildman–Crippen LogP) is 2.93. The van der Waals surface area contributed by atoms with Gasteiger partial charge in [-0.2, -0.15) is 0 Å². The quantitative estimate of drug-likeness (QED) is 0.828. The normalized spacial score (nSPS) is 14.1. The molecule has 136 valence electrons. The second-order valence-corrected chi connectivity index (χ2v) is 6.32. The first-order chi connectivity index (χ1) is 12.5. The summed E-state index contributed by atoms with van der Waals surface area (Å²) in [6, 6.07) is 11.4. The van der Waals surface area contributed by atoms with E-state index in [2.05, 4.69) is 10.9 Å². The zero-order valence-electron chi connectivity index (χ0n) is 14.5. The summed E-state index contributed by atoms with van der Waals surface area (Å²) in [5, 5.41) is 0. The predicted molar refractivity (Wildman–Crippen MR) is 95.2 cm³/mol. The molecule has 1 aliphatic carbocycles. The van der Waals surface area contributed by atoms with Crippen LogP contribution in [0.25, 0.3) is 0 Å². The van der Waals surface area contributed by atoms with Crippen LogP contribution in [0.2, 0.25) is 0 Å². The van der Waals surface area contributed by atoms with Gasteiger partial charge in [-0.3, -0.25) is 20.4 Å². The molecule has 2 N–H and O–H groups in total. The highest BCUT2D eigenvalue weighted by molar-refractivity contribution is 5.96. The van der Waals surface area contributed by atoms with Gasteiger partial charge in [0.15, 0.2) is 17.7 Å². The molecule has 3 rings (SSSR count). The van der Waals surface area contributed by atoms with Crippen LogP contribution in [0.15, 0.2) is 42.5 Å². The highest BCUT2D eigenvalue weighted by atomic mass is 19.1. The molecule has 1 atom stereocenters. The van der Waals surface area contributed by atoms with Crippen LogP contribution >= 0.6 is 0 Å². The lowest BCUT2D eigenvalue weighted by Gasteiger charge is -2.17. The first-order valence-electron chi connectivity index (χ1n) is 8.68. The summed E-state index contributed by atoms with van der Waals surface area (Å²) in [5.41, 5.74) is 7.65. The van der Waals surface area contributed by atoms with Crippen molar-refractivity contribution in [2.45, 2.75) is 38.7 Å². The molecule has 0 fully saturated rings. The van der Waals surface area contributed by atoms with Gasteiger partial charge in [-0.1, -0.05) is 18.2 Å². The van der Waals surface area contributed by atoms with E-state index >= 15 is 0 Å². The van der Waals surface area contributed by atoms with Crippen molar-refractivity contribution in [3.63, 3.8) is 0 Å². The van der Waals surface area contributed by atoms with Crippen molar-refractivity contribution in [3.8, 4) is 5.75 Å². The molecule has 0 radical (unpaired) electrons. The Morgan fingerprint density at radius 2 is 1.77 bits per heavy atom. The lowest BCUT2D eigenvalue weighted by Crippen LogP contribution is -2.47. The van der Waals surface area contributed by atoms with Crippen molar-refractivity contribution in [2.75, 3.05) is 0 Å². The average Bonchev–Trinajstić information content (AvgIpc) is 2.67. The lowest BCUT2D eigenvalue weighted by atomic mass is 9.90. The molecule has 2 aromatic carbocycles. The second kappa shape index (κ2) is 7.99. The van der Waals surface area contributed by atoms with Crippen LogP contribution in [0, 0.1) is 5.82 Å². The first-order valence-corrected chi connectivity index (χ1v) is 8.68. The maximum absolute atomic E-state index is 13.6. The minimum absolute atomic E-state index is 0.0174. The molecule has 0 aliphatic heterocycles. The van der Waals surface area contributed by atoms with Crippen LogP contribution in [-0.4, -0.2) is 17.9 Å². The molecule has 1 aliphatic rings. The summed E-state index contributed by atoms with van der Waals surface area (Å²) in [6.07, 6.45) is 3.35. The number of carbonyl (C=O) groups is 2. The van der Waals surface area contributed by atoms with E-state index in [-0.39, 0.29) is 5.75 Å². The number of fused-ring (bicyclic) bond motifs is 1. The topological polar surface area (TPSA) is 67.4 Å². The van der Waals surface area contributed by atoms with Crippen molar-refractivity contribution >= 4 is 11.8 Å². The molecular formula is C20H21FN2O3. The van der Waals surface area contributed by atoms with Gasteiger partial charge < -0.3 is 4.74 Å². The zero-order chi connectivity index (χ0) is 18.5. The zero-order valence-corrected chi connectivity index (χ0v) is 14.5. The molecule has 2 amide bonds. The molecule has 0 bridgehead atoms. The van der Waals surface area contributed by atoms with Gasteiger partial charge in [0.2, 0.25) is 0 Å². The number of rotatable bonds is 4. The number of ether oxygens (including phenoxy) is 1. The fourth-order valence-corrected chi connectivity index (χ4v) is 2.95. The van der Waals surface area contributed by atoms with E-state index in [1.54, 1.807) is 12.1 Å². The smallest absolute Gasteiger partial charge is 0.279 e. The number of nitrogens with one attached hydrogen (secondary N) is 2. The van der Waals surface area contributed by atoms with Gasteiger partial charge in [-0.05, 0) is 68.0 Å². The number of carbonyl (C=O) groups excluding carboxylic acids is 2. The largest absolute Gasteiger partial charge is 0.478 e. The Labute approximate surface area is 151 Å². The standard InChI is InChI=1S/C20H21FN2O3/c1-13(26-18-9-5-4-8-17(18)21)19(24)22-23-20(25)16-11-10-14-6-2-3-7-15(14)12-16/h4-5,8-13H,2-3,6-7H2,1H3,(H,22,24)(H,23,25)/t13-/m0/s1. The SMILES string of the molecule is C[C@H](Oc1ccccc1F)C(=O)NNC(=O)c1ccc2c(c1)CCCC2. The minimum Gasteiger partial charge on any atom is -0.478 e. The van der Waals surface area contributed by atoms with Crippen molar-refractivity contribution in [1.29, 1.82) is 0 Å². The van der Waals surface area contributed by atoms with Gasteiger partial charge in [-0.25, -0.2) is 4.39 Å². The molecule has 0 unspecified atom stereocenters. The fourth-order valence-electron chi connectivity index (χ4n) is 2.95. The maximum atomic E-state index is 13.6. The molecule has 5 nitrogen and oxygen atoms in total. The summed E-state index contributed by atoms with van der Waals surface area (Å²) in [4.78, 5) is 24.3. The number of para-hydroxylation sites is 1. The molecule has 2 aromatic rings. The second-order valence-electron chi connectivity index (χ2n) is 6.32. The number of hydrogen-bond acceptors (Lipinski definition) is 3. The Bertz CT molecular complexity index is 822. The van der Waals surface area contributed by atoms with Crippen molar-refractivity contribution < 1.29 is 18.7 Å². The van der Waals surface area contributed by atoms with Crippen LogP contribution in [0.4, 0.5) is 4.39 Å². The monoisotopic (exact) mass is 356 g/mol. The number of aryl methyl sites for hydroxylation is 2. The van der Waals surface area contributed by atoms with E-state index in [9.17, 15) is 14.0 Å². The van der Waals surface area contributed by atoms with E-state index in [4.69, 9.17) is 4.74 Å². The van der Waals surface area contributed by atoms with Crippen LogP contribution in [0.3, 0.4) is 0 Å². The van der Waals surface area contributed by atoms with Gasteiger partial charge in [0, 0.05) is 5.56 Å². The third kappa shape index (κ3) is 4.20. The Morgan fingerprint density at radius 3 is 2.54 bits per heavy atom. The Kier molecular flexibility index (Phi) is 5.51. The third-order valence-corrected chi connectivity index (χ3v) is 4.42. The number of hydrogen-bond donors (Lipinski definition) is 2. The van der Waals surface area contributed by atoms with Gasteiger partial charge in [0.25, 0.3) is 11.8 Å². The Balaban J connectivity index is 1.55. The highest BCUT2D eigenvalue weighted by Crippen LogP contribution is 2.22. The maximum Gasteiger partial charge on any atom is 0.279 e. The summed E-state index contributed by atoms with van der Waals surface area (Å²) in [5.74, 6) is -1.54. The molecule has 0 saturated carbocycles. The Morgan fingerprint density at radius 1 is 1.04 bits per heavy atom. The Hall–Kier alpha value is -2.89. The van der Waals surface area contributed by atoms with E-state index < -0.39 is 23.7 Å². The van der Waals surface area contributed by atoms with Crippen LogP contribution in [0.5, 0.6) is 5.75 Å². The van der Waals surface area contributed by atoms with Gasteiger partial charge in [-0.15, -0.1) is 0 Å². The minimum atomic E-state index is -0.962. The number of halogens is 1. The van der Waals surface area contributed by atoms with Crippen molar-refractivity contribution in [1.82, 2.24) is 10.9 Å². The summed E-state index contributed by atoms with van der Waals surface area (Å²) >= 11 is 0. The van der Waals surface area contributed by atoms with Crippen molar-refractivity contribution in [3.05, 3.63) is 65.0 Å². The highest BCUT2D eigenvalue weighted by Gasteiger charge is 2.18. The third-order valence-electron chi connectivity index (χ3n) is 4.42. The fraction of sp³-hybridized carbons (Fsp3) is 0.300. The molecular weight excluding hydrogens is 335 g/mol. The van der Waals surface area contributed by atoms with E-state index in [0.717, 1.165) is 19.3 Å². The summed E-state index contributed by atoms with van der Waals surface area (Å²) in [6.45, 7) is 1.48. The summed E-state index contributed by atoms with van der Waals surface area (Å²) < 4.78 is 18.8. The van der Waals surface area contributed by atoms with Crippen molar-refractivity contribution in [2.24, 2.45) is 0 Å². The molecule has 6 heteroatoms. The molecule has 0 saturated heterocycles. The molecule has 0 heterocycles. The van der Waals surface area contributed by atoms with Gasteiger partial charge >= 0.3 is 0 Å². The van der Waals surface area contributed by atoms with Crippen LogP contribution < -0.4 is 15.6 Å². The number of benzene rings is 2. The number of hydrazine groups is 1. The molecule has 0 spiro atoms. The van der Waals surface area contributed by atoms with E-state index in [1.807, 2.05) is 12.1 Å². The van der Waals surface area contributed by atoms with Crippen LogP contribution in [0.1, 0.15) is 41.3 Å². The lowest BCUT2D eigenvalue weighted by molar-refractivity contribution is -0.128. The van der Waals surface area contributed by atoms with Gasteiger partial charge in [0.05, 0.1) is 0 Å². The van der Waals surface area contributed by atoms with Crippen LogP contribution in [-0.2, 0) is 17.6 Å².